The Balaban J connectivity index is 1.37. The summed E-state index contributed by atoms with van der Waals surface area (Å²) in [6.45, 7) is 1.95. The summed E-state index contributed by atoms with van der Waals surface area (Å²) in [6, 6.07) is 5.61. The van der Waals surface area contributed by atoms with E-state index in [4.69, 9.17) is 4.74 Å². The van der Waals surface area contributed by atoms with Gasteiger partial charge in [0.2, 0.25) is 0 Å². The van der Waals surface area contributed by atoms with E-state index in [0.29, 0.717) is 12.0 Å². The van der Waals surface area contributed by atoms with Crippen molar-refractivity contribution in [1.82, 2.24) is 15.2 Å². The van der Waals surface area contributed by atoms with Gasteiger partial charge in [-0.2, -0.15) is 0 Å². The Hall–Kier alpha value is -3.16. The summed E-state index contributed by atoms with van der Waals surface area (Å²) in [5.74, 6) is -1.70. The molecule has 2 heterocycles. The number of aromatic nitrogens is 1. The molecule has 0 saturated heterocycles. The van der Waals surface area contributed by atoms with E-state index >= 15 is 0 Å². The number of urea groups is 1. The minimum absolute atomic E-state index is 0.0337. The van der Waals surface area contributed by atoms with Crippen LogP contribution in [0.4, 0.5) is 18.0 Å². The predicted molar refractivity (Wildman–Crippen MR) is 107 cm³/mol. The third kappa shape index (κ3) is 4.08. The van der Waals surface area contributed by atoms with Gasteiger partial charge in [-0.15, -0.1) is 0 Å². The third-order valence-corrected chi connectivity index (χ3v) is 5.25. The normalized spacial score (nSPS) is 16.6. The van der Waals surface area contributed by atoms with E-state index in [9.17, 15) is 18.0 Å². The average molecular weight is 417 g/mol. The van der Waals surface area contributed by atoms with Gasteiger partial charge in [-0.1, -0.05) is 0 Å². The van der Waals surface area contributed by atoms with E-state index in [2.05, 4.69) is 10.6 Å². The zero-order valence-corrected chi connectivity index (χ0v) is 16.6. The highest BCUT2D eigenvalue weighted by Gasteiger charge is 2.25. The maximum Gasteiger partial charge on any atom is 0.315 e. The fraction of sp³-hybridized carbons (Fsp3) is 0.318. The lowest BCUT2D eigenvalue weighted by Gasteiger charge is -2.27. The topological polar surface area (TPSA) is 55.3 Å². The number of benzene rings is 2. The van der Waals surface area contributed by atoms with E-state index in [0.717, 1.165) is 22.5 Å². The third-order valence-electron chi connectivity index (χ3n) is 5.25. The Morgan fingerprint density at radius 1 is 1.23 bits per heavy atom. The van der Waals surface area contributed by atoms with Crippen molar-refractivity contribution in [3.05, 3.63) is 65.1 Å². The Morgan fingerprint density at radius 3 is 2.83 bits per heavy atom. The number of aryl methyl sites for hydroxylation is 1. The lowest BCUT2D eigenvalue weighted by Crippen LogP contribution is -2.49. The van der Waals surface area contributed by atoms with Crippen molar-refractivity contribution in [2.24, 2.45) is 7.05 Å². The van der Waals surface area contributed by atoms with Gasteiger partial charge in [0.1, 0.15) is 18.2 Å². The Kier molecular flexibility index (Phi) is 5.32. The minimum Gasteiger partial charge on any atom is -0.488 e. The second-order valence-electron chi connectivity index (χ2n) is 7.74. The van der Waals surface area contributed by atoms with Crippen LogP contribution in [0.2, 0.25) is 0 Å². The molecule has 3 aromatic rings. The molecule has 1 aliphatic heterocycles. The van der Waals surface area contributed by atoms with Crippen LogP contribution in [-0.2, 0) is 19.9 Å². The number of fused-ring (bicyclic) bond motifs is 2. The van der Waals surface area contributed by atoms with Crippen molar-refractivity contribution >= 4 is 16.9 Å². The Bertz CT molecular complexity index is 1110. The molecule has 1 aromatic heterocycles. The first-order valence-corrected chi connectivity index (χ1v) is 9.71. The standard InChI is InChI=1S/C22H22F3N3O2/c1-12(5-14-10-28(2)20-4-3-15(23)8-18(14)20)26-22(29)27-17-7-13-6-16(24)9-19(25)21(13)30-11-17/h3-4,6,8-10,12,17H,5,7,11H2,1-2H3,(H2,26,27,29). The molecule has 2 N–H and O–H groups in total. The van der Waals surface area contributed by atoms with E-state index < -0.39 is 23.7 Å². The minimum atomic E-state index is -0.743. The summed E-state index contributed by atoms with van der Waals surface area (Å²) >= 11 is 0. The molecule has 0 spiro atoms. The summed E-state index contributed by atoms with van der Waals surface area (Å²) in [4.78, 5) is 12.4. The lowest BCUT2D eigenvalue weighted by molar-refractivity contribution is 0.208. The van der Waals surface area contributed by atoms with Crippen LogP contribution in [0.1, 0.15) is 18.1 Å². The summed E-state index contributed by atoms with van der Waals surface area (Å²) in [7, 11) is 1.89. The quantitative estimate of drug-likeness (QED) is 0.678. The molecule has 2 aromatic carbocycles. The van der Waals surface area contributed by atoms with E-state index in [1.54, 1.807) is 6.07 Å². The number of amides is 2. The Labute approximate surface area is 171 Å². The highest BCUT2D eigenvalue weighted by Crippen LogP contribution is 2.29. The number of carbonyl (C=O) groups is 1. The van der Waals surface area contributed by atoms with Crippen molar-refractivity contribution < 1.29 is 22.7 Å². The van der Waals surface area contributed by atoms with Gasteiger partial charge in [0, 0.05) is 41.8 Å². The number of nitrogens with one attached hydrogen (secondary N) is 2. The molecule has 0 radical (unpaired) electrons. The SMILES string of the molecule is CC(Cc1cn(C)c2ccc(F)cc12)NC(=O)NC1COc2c(F)cc(F)cc2C1. The molecule has 0 aliphatic carbocycles. The van der Waals surface area contributed by atoms with Gasteiger partial charge in [-0.25, -0.2) is 18.0 Å². The second kappa shape index (κ2) is 7.93. The first kappa shape index (κ1) is 20.1. The van der Waals surface area contributed by atoms with Gasteiger partial charge in [-0.3, -0.25) is 0 Å². The molecule has 0 bridgehead atoms. The highest BCUT2D eigenvalue weighted by atomic mass is 19.1. The number of ether oxygens (including phenoxy) is 1. The molecule has 30 heavy (non-hydrogen) atoms. The van der Waals surface area contributed by atoms with Gasteiger partial charge in [0.15, 0.2) is 11.6 Å². The number of nitrogens with zero attached hydrogens (tertiary/aromatic N) is 1. The maximum absolute atomic E-state index is 13.7. The zero-order valence-electron chi connectivity index (χ0n) is 16.6. The second-order valence-corrected chi connectivity index (χ2v) is 7.74. The predicted octanol–water partition coefficient (Wildman–Crippen LogP) is 3.83. The molecule has 2 amide bonds. The number of rotatable bonds is 4. The number of hydrogen-bond acceptors (Lipinski definition) is 2. The van der Waals surface area contributed by atoms with E-state index in [-0.39, 0.29) is 30.6 Å². The largest absolute Gasteiger partial charge is 0.488 e. The molecule has 158 valence electrons. The molecule has 1 aliphatic rings. The van der Waals surface area contributed by atoms with Crippen molar-refractivity contribution in [2.45, 2.75) is 31.8 Å². The van der Waals surface area contributed by atoms with Crippen LogP contribution in [0, 0.1) is 17.5 Å². The van der Waals surface area contributed by atoms with Gasteiger partial charge in [0.25, 0.3) is 0 Å². The van der Waals surface area contributed by atoms with Gasteiger partial charge >= 0.3 is 6.03 Å². The fourth-order valence-corrected chi connectivity index (χ4v) is 3.97. The zero-order chi connectivity index (χ0) is 21.4. The molecule has 2 unspecified atom stereocenters. The molecule has 0 saturated carbocycles. The molecule has 8 heteroatoms. The Morgan fingerprint density at radius 2 is 2.03 bits per heavy atom. The van der Waals surface area contributed by atoms with Crippen LogP contribution < -0.4 is 15.4 Å². The molecule has 2 atom stereocenters. The van der Waals surface area contributed by atoms with Crippen molar-refractivity contribution in [2.75, 3.05) is 6.61 Å². The number of hydrogen-bond donors (Lipinski definition) is 2. The summed E-state index contributed by atoms with van der Waals surface area (Å²) in [6.07, 6.45) is 2.72. The molecule has 4 rings (SSSR count). The van der Waals surface area contributed by atoms with Crippen LogP contribution in [-0.4, -0.2) is 29.3 Å². The average Bonchev–Trinajstić information content (AvgIpc) is 2.95. The van der Waals surface area contributed by atoms with Gasteiger partial charge in [0.05, 0.1) is 6.04 Å². The van der Waals surface area contributed by atoms with Crippen molar-refractivity contribution in [3.63, 3.8) is 0 Å². The van der Waals surface area contributed by atoms with Crippen LogP contribution in [0.15, 0.2) is 36.5 Å². The lowest BCUT2D eigenvalue weighted by atomic mass is 10.0. The molecular weight excluding hydrogens is 395 g/mol. The first-order valence-electron chi connectivity index (χ1n) is 9.71. The summed E-state index contributed by atoms with van der Waals surface area (Å²) in [5.41, 5.74) is 2.23. The van der Waals surface area contributed by atoms with E-state index in [1.807, 2.05) is 24.7 Å². The van der Waals surface area contributed by atoms with Crippen molar-refractivity contribution in [1.29, 1.82) is 0 Å². The van der Waals surface area contributed by atoms with Crippen LogP contribution in [0.5, 0.6) is 5.75 Å². The van der Waals surface area contributed by atoms with Crippen LogP contribution in [0.3, 0.4) is 0 Å². The van der Waals surface area contributed by atoms with Gasteiger partial charge in [-0.05, 0) is 49.6 Å². The number of carbonyl (C=O) groups excluding carboxylic acids is 1. The monoisotopic (exact) mass is 417 g/mol. The summed E-state index contributed by atoms with van der Waals surface area (Å²) < 4.78 is 48.1. The molecular formula is C22H22F3N3O2. The first-order chi connectivity index (χ1) is 14.3. The van der Waals surface area contributed by atoms with Crippen LogP contribution >= 0.6 is 0 Å². The van der Waals surface area contributed by atoms with Gasteiger partial charge < -0.3 is 19.9 Å². The molecule has 5 nitrogen and oxygen atoms in total. The van der Waals surface area contributed by atoms with E-state index in [1.165, 1.54) is 18.2 Å². The van der Waals surface area contributed by atoms with Crippen LogP contribution in [0.25, 0.3) is 10.9 Å². The highest BCUT2D eigenvalue weighted by molar-refractivity contribution is 5.84. The number of halogens is 3. The molecule has 0 fully saturated rings. The maximum atomic E-state index is 13.7. The van der Waals surface area contributed by atoms with Crippen molar-refractivity contribution in [3.8, 4) is 5.75 Å². The fourth-order valence-electron chi connectivity index (χ4n) is 3.97. The summed E-state index contributed by atoms with van der Waals surface area (Å²) in [5, 5.41) is 6.45. The smallest absolute Gasteiger partial charge is 0.315 e.